The fourth-order valence-corrected chi connectivity index (χ4v) is 2.77. The summed E-state index contributed by atoms with van der Waals surface area (Å²) >= 11 is 1.58. The summed E-state index contributed by atoms with van der Waals surface area (Å²) in [4.78, 5) is 16.3. The van der Waals surface area contributed by atoms with E-state index in [1.54, 1.807) is 11.3 Å². The lowest BCUT2D eigenvalue weighted by Crippen LogP contribution is -2.12. The number of aryl methyl sites for hydroxylation is 2. The van der Waals surface area contributed by atoms with Gasteiger partial charge in [-0.25, -0.2) is 0 Å². The number of thiophene rings is 1. The van der Waals surface area contributed by atoms with Crippen LogP contribution in [0.4, 0.5) is 5.69 Å². The molecule has 5 nitrogen and oxygen atoms in total. The normalized spacial score (nSPS) is 10.7. The molecule has 0 unspecified atom stereocenters. The summed E-state index contributed by atoms with van der Waals surface area (Å²) in [6.07, 6.45) is 1.72. The van der Waals surface area contributed by atoms with E-state index in [9.17, 15) is 4.79 Å². The Morgan fingerprint density at radius 3 is 2.78 bits per heavy atom. The second-order valence-electron chi connectivity index (χ2n) is 5.12. The molecule has 0 radical (unpaired) electrons. The highest BCUT2D eigenvalue weighted by Gasteiger charge is 2.11. The van der Waals surface area contributed by atoms with Gasteiger partial charge >= 0.3 is 0 Å². The van der Waals surface area contributed by atoms with Crippen LogP contribution in [0.2, 0.25) is 0 Å². The summed E-state index contributed by atoms with van der Waals surface area (Å²) in [5.41, 5.74) is 2.98. The van der Waals surface area contributed by atoms with Crippen LogP contribution in [0, 0.1) is 0 Å². The van der Waals surface area contributed by atoms with E-state index in [-0.39, 0.29) is 5.91 Å². The maximum absolute atomic E-state index is 12.0. The minimum absolute atomic E-state index is 0.0652. The van der Waals surface area contributed by atoms with Gasteiger partial charge in [-0.3, -0.25) is 4.79 Å². The minimum Gasteiger partial charge on any atom is -0.339 e. The molecule has 3 rings (SSSR count). The predicted octanol–water partition coefficient (Wildman–Crippen LogP) is 3.93. The van der Waals surface area contributed by atoms with Gasteiger partial charge in [0.2, 0.25) is 17.6 Å². The zero-order valence-electron chi connectivity index (χ0n) is 12.8. The van der Waals surface area contributed by atoms with E-state index in [1.165, 1.54) is 5.56 Å². The Morgan fingerprint density at radius 1 is 1.26 bits per heavy atom. The number of hydrogen-bond acceptors (Lipinski definition) is 5. The number of carbonyl (C=O) groups is 1. The summed E-state index contributed by atoms with van der Waals surface area (Å²) in [6.45, 7) is 2.10. The average Bonchev–Trinajstić information content (AvgIpc) is 3.25. The molecule has 2 aromatic heterocycles. The first kappa shape index (κ1) is 15.4. The molecule has 0 bridgehead atoms. The number of hydrogen-bond donors (Lipinski definition) is 1. The smallest absolute Gasteiger partial charge is 0.227 e. The number of aromatic nitrogens is 2. The Balaban J connectivity index is 1.52. The first-order valence-electron chi connectivity index (χ1n) is 7.48. The van der Waals surface area contributed by atoms with Crippen LogP contribution in [0.25, 0.3) is 11.4 Å². The molecule has 0 aliphatic heterocycles. The lowest BCUT2D eigenvalue weighted by molar-refractivity contribution is -0.116. The number of rotatable bonds is 6. The number of benzene rings is 1. The van der Waals surface area contributed by atoms with Crippen molar-refractivity contribution in [2.45, 2.75) is 26.2 Å². The van der Waals surface area contributed by atoms with Crippen LogP contribution in [0.1, 0.15) is 24.8 Å². The average molecular weight is 327 g/mol. The maximum Gasteiger partial charge on any atom is 0.227 e. The number of amides is 1. The number of carbonyl (C=O) groups excluding carboxylic acids is 1. The molecule has 0 atom stereocenters. The van der Waals surface area contributed by atoms with E-state index < -0.39 is 0 Å². The molecule has 118 valence electrons. The highest BCUT2D eigenvalue weighted by molar-refractivity contribution is 7.08. The van der Waals surface area contributed by atoms with Gasteiger partial charge in [0.15, 0.2) is 0 Å². The summed E-state index contributed by atoms with van der Waals surface area (Å²) in [6, 6.07) is 9.80. The van der Waals surface area contributed by atoms with Crippen molar-refractivity contribution in [3.8, 4) is 11.4 Å². The van der Waals surface area contributed by atoms with Crippen LogP contribution < -0.4 is 5.32 Å². The van der Waals surface area contributed by atoms with E-state index in [4.69, 9.17) is 4.52 Å². The largest absolute Gasteiger partial charge is 0.339 e. The molecule has 0 spiro atoms. The summed E-state index contributed by atoms with van der Waals surface area (Å²) < 4.78 is 5.18. The molecule has 1 N–H and O–H groups in total. The van der Waals surface area contributed by atoms with E-state index in [0.29, 0.717) is 24.6 Å². The van der Waals surface area contributed by atoms with Crippen molar-refractivity contribution in [2.24, 2.45) is 0 Å². The van der Waals surface area contributed by atoms with Crippen molar-refractivity contribution in [3.63, 3.8) is 0 Å². The minimum atomic E-state index is -0.0652. The van der Waals surface area contributed by atoms with Crippen LogP contribution >= 0.6 is 11.3 Å². The van der Waals surface area contributed by atoms with Crippen molar-refractivity contribution < 1.29 is 9.32 Å². The Morgan fingerprint density at radius 2 is 2.09 bits per heavy atom. The van der Waals surface area contributed by atoms with Crippen LogP contribution in [0.5, 0.6) is 0 Å². The van der Waals surface area contributed by atoms with Gasteiger partial charge in [0, 0.05) is 29.5 Å². The van der Waals surface area contributed by atoms with Gasteiger partial charge in [0.1, 0.15) is 0 Å². The highest BCUT2D eigenvalue weighted by Crippen LogP contribution is 2.19. The molecule has 0 aliphatic rings. The Kier molecular flexibility index (Phi) is 4.83. The van der Waals surface area contributed by atoms with Gasteiger partial charge in [0.25, 0.3) is 0 Å². The van der Waals surface area contributed by atoms with Crippen molar-refractivity contribution in [3.05, 3.63) is 52.5 Å². The zero-order valence-corrected chi connectivity index (χ0v) is 13.6. The number of nitrogens with zero attached hydrogens (tertiary/aromatic N) is 2. The zero-order chi connectivity index (χ0) is 16.1. The van der Waals surface area contributed by atoms with Crippen LogP contribution in [0.3, 0.4) is 0 Å². The Bertz CT molecular complexity index is 764. The Hall–Kier alpha value is -2.47. The van der Waals surface area contributed by atoms with Gasteiger partial charge in [-0.2, -0.15) is 16.3 Å². The van der Waals surface area contributed by atoms with E-state index >= 15 is 0 Å². The molecule has 1 amide bonds. The van der Waals surface area contributed by atoms with Gasteiger partial charge in [-0.1, -0.05) is 24.2 Å². The predicted molar refractivity (Wildman–Crippen MR) is 90.4 cm³/mol. The third kappa shape index (κ3) is 4.04. The van der Waals surface area contributed by atoms with Crippen molar-refractivity contribution in [1.29, 1.82) is 0 Å². The molecule has 0 fully saturated rings. The quantitative estimate of drug-likeness (QED) is 0.745. The van der Waals surface area contributed by atoms with Gasteiger partial charge in [-0.05, 0) is 35.6 Å². The molecular formula is C17H17N3O2S. The fraction of sp³-hybridized carbons (Fsp3) is 0.235. The summed E-state index contributed by atoms with van der Waals surface area (Å²) in [5.74, 6) is 0.976. The molecule has 23 heavy (non-hydrogen) atoms. The van der Waals surface area contributed by atoms with Crippen molar-refractivity contribution in [2.75, 3.05) is 5.32 Å². The molecule has 0 saturated heterocycles. The standard InChI is InChI=1S/C17H17N3O2S/c1-2-12-3-5-14(6-4-12)18-15(21)7-8-16-19-17(20-22-16)13-9-10-23-11-13/h3-6,9-11H,2,7-8H2,1H3,(H,18,21). The lowest BCUT2D eigenvalue weighted by Gasteiger charge is -2.05. The van der Waals surface area contributed by atoms with Crippen molar-refractivity contribution >= 4 is 22.9 Å². The maximum atomic E-state index is 12.0. The lowest BCUT2D eigenvalue weighted by atomic mass is 10.1. The molecule has 6 heteroatoms. The van der Waals surface area contributed by atoms with Gasteiger partial charge < -0.3 is 9.84 Å². The second-order valence-corrected chi connectivity index (χ2v) is 5.90. The molecule has 3 aromatic rings. The molecule has 1 aromatic carbocycles. The molecular weight excluding hydrogens is 310 g/mol. The second kappa shape index (κ2) is 7.19. The van der Waals surface area contributed by atoms with Crippen LogP contribution in [-0.4, -0.2) is 16.0 Å². The third-order valence-electron chi connectivity index (χ3n) is 3.46. The molecule has 0 aliphatic carbocycles. The number of nitrogens with one attached hydrogen (secondary N) is 1. The first-order valence-corrected chi connectivity index (χ1v) is 8.43. The first-order chi connectivity index (χ1) is 11.2. The SMILES string of the molecule is CCc1ccc(NC(=O)CCc2nc(-c3ccsc3)no2)cc1. The third-order valence-corrected chi connectivity index (χ3v) is 4.14. The van der Waals surface area contributed by atoms with Crippen LogP contribution in [-0.2, 0) is 17.6 Å². The Labute approximate surface area is 138 Å². The fourth-order valence-electron chi connectivity index (χ4n) is 2.13. The topological polar surface area (TPSA) is 68.0 Å². The van der Waals surface area contributed by atoms with Crippen LogP contribution in [0.15, 0.2) is 45.6 Å². The molecule has 0 saturated carbocycles. The van der Waals surface area contributed by atoms with Gasteiger partial charge in [0.05, 0.1) is 0 Å². The van der Waals surface area contributed by atoms with E-state index in [2.05, 4.69) is 22.4 Å². The van der Waals surface area contributed by atoms with E-state index in [0.717, 1.165) is 17.7 Å². The highest BCUT2D eigenvalue weighted by atomic mass is 32.1. The van der Waals surface area contributed by atoms with Gasteiger partial charge in [-0.15, -0.1) is 0 Å². The van der Waals surface area contributed by atoms with E-state index in [1.807, 2.05) is 41.1 Å². The number of anilines is 1. The van der Waals surface area contributed by atoms with Crippen molar-refractivity contribution in [1.82, 2.24) is 10.1 Å². The summed E-state index contributed by atoms with van der Waals surface area (Å²) in [5, 5.41) is 10.7. The monoisotopic (exact) mass is 327 g/mol. The molecule has 2 heterocycles. The summed E-state index contributed by atoms with van der Waals surface area (Å²) in [7, 11) is 0.